The number of aliphatic imine (C=N–C) groups is 3. The number of hydrogen-bond acceptors (Lipinski definition) is 7. The molecule has 0 spiro atoms. The van der Waals surface area contributed by atoms with Gasteiger partial charge >= 0.3 is 5.97 Å². The van der Waals surface area contributed by atoms with E-state index in [1.54, 1.807) is 0 Å². The molecule has 2 atom stereocenters. The lowest BCUT2D eigenvalue weighted by Crippen LogP contribution is -2.48. The van der Waals surface area contributed by atoms with Gasteiger partial charge in [-0.3, -0.25) is 4.79 Å². The van der Waals surface area contributed by atoms with Crippen LogP contribution in [-0.2, 0) is 9.53 Å². The molecular formula is C43H57N6O3+. The van der Waals surface area contributed by atoms with Crippen LogP contribution in [-0.4, -0.2) is 94.1 Å². The number of esters is 1. The van der Waals surface area contributed by atoms with Crippen molar-refractivity contribution >= 4 is 23.1 Å². The van der Waals surface area contributed by atoms with Gasteiger partial charge < -0.3 is 24.1 Å². The maximum absolute atomic E-state index is 13.7. The molecule has 6 aliphatic rings. The van der Waals surface area contributed by atoms with Crippen LogP contribution in [0.5, 0.6) is 0 Å². The zero-order chi connectivity index (χ0) is 37.9. The minimum Gasteiger partial charge on any atom is -0.875 e. The van der Waals surface area contributed by atoms with Crippen molar-refractivity contribution in [2.24, 2.45) is 32.7 Å². The van der Waals surface area contributed by atoms with E-state index in [1.165, 1.54) is 0 Å². The lowest BCUT2D eigenvalue weighted by molar-refractivity contribution is -0.896. The number of carbonyl (C=O) groups is 1. The van der Waals surface area contributed by atoms with E-state index in [1.807, 2.05) is 19.1 Å². The topological polar surface area (TPSA) is 98.5 Å². The average Bonchev–Trinajstić information content (AvgIpc) is 3.79. The molecule has 8 bridgehead atoms. The predicted molar refractivity (Wildman–Crippen MR) is 209 cm³/mol. The van der Waals surface area contributed by atoms with Crippen LogP contribution in [0, 0.1) is 17.8 Å². The summed E-state index contributed by atoms with van der Waals surface area (Å²) in [7, 11) is 13.1. The van der Waals surface area contributed by atoms with Crippen LogP contribution in [0.4, 0.5) is 0 Å². The molecule has 0 radical (unpaired) electrons. The first kappa shape index (κ1) is 37.4. The number of allylic oxidation sites excluding steroid dienone is 12. The number of fused-ring (bicyclic) bond motifs is 5. The molecule has 1 N–H and O–H groups in total. The second-order valence-electron chi connectivity index (χ2n) is 17.2. The summed E-state index contributed by atoms with van der Waals surface area (Å²) < 4.78 is 7.60. The minimum absolute atomic E-state index is 0.0330. The van der Waals surface area contributed by atoms with E-state index in [9.17, 15) is 9.90 Å². The summed E-state index contributed by atoms with van der Waals surface area (Å²) in [6, 6.07) is 0. The predicted octanol–water partition coefficient (Wildman–Crippen LogP) is 6.00. The minimum atomic E-state index is -0.185. The number of carbonyl (C=O) groups excluding carboxylic acids is 1. The summed E-state index contributed by atoms with van der Waals surface area (Å²) in [5.41, 5.74) is 13.8. The van der Waals surface area contributed by atoms with Crippen LogP contribution < -0.4 is 10.4 Å². The zero-order valence-electron chi connectivity index (χ0n) is 33.2. The molecule has 1 fully saturated rings. The third-order valence-electron chi connectivity index (χ3n) is 11.0. The Morgan fingerprint density at radius 1 is 0.981 bits per heavy atom. The molecule has 5 heterocycles. The highest BCUT2D eigenvalue weighted by molar-refractivity contribution is 6.21. The van der Waals surface area contributed by atoms with Crippen molar-refractivity contribution in [2.75, 3.05) is 62.0 Å². The molecule has 5 aliphatic heterocycles. The van der Waals surface area contributed by atoms with E-state index in [-0.39, 0.29) is 42.3 Å². The highest BCUT2D eigenvalue weighted by Gasteiger charge is 2.40. The number of nitrogens with zero attached hydrogens (tertiary/aromatic N) is 5. The quantitative estimate of drug-likeness (QED) is 0.211. The molecule has 9 heteroatoms. The fourth-order valence-electron chi connectivity index (χ4n) is 8.63. The fraction of sp³-hybridized carbons (Fsp3) is 0.488. The van der Waals surface area contributed by atoms with Crippen LogP contribution in [0.3, 0.4) is 0 Å². The molecule has 0 amide bonds. The monoisotopic (exact) mass is 705 g/mol. The van der Waals surface area contributed by atoms with Gasteiger partial charge in [-0.25, -0.2) is 15.0 Å². The molecule has 9 nitrogen and oxygen atoms in total. The highest BCUT2D eigenvalue weighted by Crippen LogP contribution is 2.46. The van der Waals surface area contributed by atoms with Gasteiger partial charge in [-0.15, -0.1) is 5.76 Å². The third-order valence-corrected chi connectivity index (χ3v) is 11.0. The van der Waals surface area contributed by atoms with Crippen molar-refractivity contribution in [3.8, 4) is 0 Å². The molecule has 1 saturated heterocycles. The van der Waals surface area contributed by atoms with Crippen molar-refractivity contribution in [3.63, 3.8) is 0 Å². The molecule has 276 valence electrons. The standard InChI is InChI=1S/C43H57N6O3/c1-13-29-24(3)33-18-35-26(5)31(15-16-40(51)52-23-28(21-48(7,8)9)22-49(10,11)12)42(46-35)32-17-39(50)41-27(6)36(47-43(32)41)20-38-30(14-2)25(4)34(45-38)19-37(29)44-33/h13,18-20,26,28,31H,1,14-17,21-23H2,2-12H3,(H-,44,45,46,47,50)/q+1/t26-,31-/m0/s1. The summed E-state index contributed by atoms with van der Waals surface area (Å²) >= 11 is 0. The van der Waals surface area contributed by atoms with E-state index >= 15 is 0 Å². The Morgan fingerprint density at radius 3 is 2.27 bits per heavy atom. The van der Waals surface area contributed by atoms with E-state index in [4.69, 9.17) is 19.7 Å². The van der Waals surface area contributed by atoms with Crippen LogP contribution in [0.1, 0.15) is 60.3 Å². The smallest absolute Gasteiger partial charge is 0.305 e. The van der Waals surface area contributed by atoms with Crippen LogP contribution in [0.2, 0.25) is 0 Å². The van der Waals surface area contributed by atoms with Crippen molar-refractivity contribution in [1.82, 2.24) is 5.32 Å². The van der Waals surface area contributed by atoms with Gasteiger partial charge in [0.15, 0.2) is 0 Å². The molecule has 6 rings (SSSR count). The second kappa shape index (κ2) is 13.9. The Bertz CT molecular complexity index is 1960. The molecule has 0 unspecified atom stereocenters. The molecule has 52 heavy (non-hydrogen) atoms. The third kappa shape index (κ3) is 7.30. The Labute approximate surface area is 310 Å². The number of nitrogens with one attached hydrogen (secondary N) is 1. The number of quaternary nitrogens is 2. The largest absolute Gasteiger partial charge is 0.875 e. The van der Waals surface area contributed by atoms with Gasteiger partial charge in [0.2, 0.25) is 0 Å². The summed E-state index contributed by atoms with van der Waals surface area (Å²) in [4.78, 5) is 28.7. The van der Waals surface area contributed by atoms with Gasteiger partial charge in [-0.05, 0) is 86.1 Å². The first-order valence-corrected chi connectivity index (χ1v) is 18.7. The molecule has 0 saturated carbocycles. The SMILES string of the molecule is C=CC1=C(C)C2=NC1=CC1=NC(=CC3=C(C)C4=C([O-])CC(=C5NC(=C2)[C@@H](C)[C@@H]5CCC(=O)OCC(C[N+](C)(C)C)C[N+](C)(C)C)C4=N3)C(CC)=C1C. The maximum Gasteiger partial charge on any atom is 0.305 e. The van der Waals surface area contributed by atoms with Crippen molar-refractivity contribution in [2.45, 2.75) is 60.3 Å². The molecule has 1 aliphatic carbocycles. The first-order chi connectivity index (χ1) is 24.4. The first-order valence-electron chi connectivity index (χ1n) is 18.7. The zero-order valence-corrected chi connectivity index (χ0v) is 33.2. The number of hydrogen-bond donors (Lipinski definition) is 1. The van der Waals surface area contributed by atoms with E-state index in [0.29, 0.717) is 18.6 Å². The van der Waals surface area contributed by atoms with Gasteiger partial charge in [-0.2, -0.15) is 0 Å². The Morgan fingerprint density at radius 2 is 1.63 bits per heavy atom. The fourth-order valence-corrected chi connectivity index (χ4v) is 8.63. The lowest BCUT2D eigenvalue weighted by Gasteiger charge is -2.33. The number of rotatable bonds is 11. The molecular weight excluding hydrogens is 649 g/mol. The maximum atomic E-state index is 13.7. The van der Waals surface area contributed by atoms with Gasteiger partial charge in [-0.1, -0.05) is 26.5 Å². The van der Waals surface area contributed by atoms with Gasteiger partial charge in [0, 0.05) is 40.8 Å². The number of ether oxygens (including phenoxy) is 1. The van der Waals surface area contributed by atoms with E-state index in [2.05, 4.69) is 94.0 Å². The van der Waals surface area contributed by atoms with Gasteiger partial charge in [0.1, 0.15) is 6.61 Å². The highest BCUT2D eigenvalue weighted by atomic mass is 16.5. The summed E-state index contributed by atoms with van der Waals surface area (Å²) in [6.07, 6.45) is 10.1. The van der Waals surface area contributed by atoms with Crippen LogP contribution in [0.25, 0.3) is 0 Å². The van der Waals surface area contributed by atoms with Crippen molar-refractivity contribution in [1.29, 1.82) is 0 Å². The van der Waals surface area contributed by atoms with Crippen molar-refractivity contribution < 1.29 is 23.6 Å². The summed E-state index contributed by atoms with van der Waals surface area (Å²) in [6.45, 7) is 16.9. The van der Waals surface area contributed by atoms with Crippen molar-refractivity contribution in [3.05, 3.63) is 104 Å². The van der Waals surface area contributed by atoms with E-state index in [0.717, 1.165) is 108 Å². The molecule has 0 aromatic rings. The van der Waals surface area contributed by atoms with Crippen LogP contribution >= 0.6 is 0 Å². The van der Waals surface area contributed by atoms with Crippen LogP contribution in [0.15, 0.2) is 119 Å². The average molecular weight is 706 g/mol. The van der Waals surface area contributed by atoms with Gasteiger partial charge in [0.05, 0.1) is 95.5 Å². The molecule has 0 aromatic heterocycles. The Hall–Kier alpha value is -4.34. The summed E-state index contributed by atoms with van der Waals surface area (Å²) in [5, 5.41) is 17.5. The summed E-state index contributed by atoms with van der Waals surface area (Å²) in [5.74, 6) is 0.152. The lowest BCUT2D eigenvalue weighted by atomic mass is 9.86. The normalized spacial score (nSPS) is 23.0. The Kier molecular flexibility index (Phi) is 10.0. The molecule has 0 aromatic carbocycles. The Balaban J connectivity index is 1.38. The second-order valence-corrected chi connectivity index (χ2v) is 17.2. The van der Waals surface area contributed by atoms with E-state index < -0.39 is 0 Å². The van der Waals surface area contributed by atoms with Gasteiger partial charge in [0.25, 0.3) is 0 Å².